The van der Waals surface area contributed by atoms with Gasteiger partial charge in [-0.1, -0.05) is 27.7 Å². The molecule has 10 heavy (non-hydrogen) atoms. The summed E-state index contributed by atoms with van der Waals surface area (Å²) in [5, 5.41) is 1.97. The molecule has 0 spiro atoms. The zero-order chi connectivity index (χ0) is 7.98. The Hall–Kier alpha value is -0.0800. The van der Waals surface area contributed by atoms with Crippen molar-refractivity contribution in [2.24, 2.45) is 5.92 Å². The molecule has 0 aromatic rings. The maximum Gasteiger partial charge on any atom is 0.0708 e. The second kappa shape index (κ2) is 5.69. The van der Waals surface area contributed by atoms with E-state index in [0.29, 0.717) is 5.92 Å². The van der Waals surface area contributed by atoms with Gasteiger partial charge in [-0.3, -0.25) is 4.84 Å². The molecule has 0 radical (unpaired) electrons. The van der Waals surface area contributed by atoms with Gasteiger partial charge in [0.1, 0.15) is 0 Å². The van der Waals surface area contributed by atoms with Gasteiger partial charge in [-0.05, 0) is 5.92 Å². The number of hydrogen-bond acceptors (Lipinski definition) is 2. The van der Waals surface area contributed by atoms with Crippen LogP contribution in [0.5, 0.6) is 0 Å². The van der Waals surface area contributed by atoms with Crippen LogP contribution in [0, 0.1) is 5.92 Å². The van der Waals surface area contributed by atoms with E-state index in [1.165, 1.54) is 0 Å². The Morgan fingerprint density at radius 1 is 1.20 bits per heavy atom. The Kier molecular flexibility index (Phi) is 5.64. The number of hydroxylamine groups is 2. The van der Waals surface area contributed by atoms with E-state index in [-0.39, 0.29) is 0 Å². The molecule has 2 heteroatoms. The van der Waals surface area contributed by atoms with Gasteiger partial charge >= 0.3 is 0 Å². The van der Waals surface area contributed by atoms with Crippen molar-refractivity contribution in [3.63, 3.8) is 0 Å². The van der Waals surface area contributed by atoms with E-state index in [1.807, 2.05) is 5.06 Å². The van der Waals surface area contributed by atoms with E-state index in [2.05, 4.69) is 27.7 Å². The maximum absolute atomic E-state index is 5.44. The molecule has 0 bridgehead atoms. The summed E-state index contributed by atoms with van der Waals surface area (Å²) in [5.74, 6) is 0.626. The normalized spacial score (nSPS) is 11.4. The third kappa shape index (κ3) is 4.77. The van der Waals surface area contributed by atoms with E-state index in [0.717, 1.165) is 19.7 Å². The summed E-state index contributed by atoms with van der Waals surface area (Å²) in [6.07, 6.45) is 0. The molecule has 0 aliphatic heterocycles. The SMILES string of the molecule is CCN(CC)OCC(C)C. The van der Waals surface area contributed by atoms with Crippen LogP contribution in [0.4, 0.5) is 0 Å². The molecule has 0 aromatic carbocycles. The summed E-state index contributed by atoms with van der Waals surface area (Å²) < 4.78 is 0. The van der Waals surface area contributed by atoms with Crippen molar-refractivity contribution in [2.45, 2.75) is 27.7 Å². The van der Waals surface area contributed by atoms with Crippen molar-refractivity contribution < 1.29 is 4.84 Å². The molecule has 0 saturated heterocycles. The van der Waals surface area contributed by atoms with Crippen LogP contribution >= 0.6 is 0 Å². The summed E-state index contributed by atoms with van der Waals surface area (Å²) >= 11 is 0. The number of rotatable bonds is 5. The quantitative estimate of drug-likeness (QED) is 0.548. The minimum Gasteiger partial charge on any atom is -0.299 e. The molecule has 0 amide bonds. The van der Waals surface area contributed by atoms with Crippen LogP contribution in [-0.2, 0) is 4.84 Å². The van der Waals surface area contributed by atoms with Gasteiger partial charge in [0.2, 0.25) is 0 Å². The molecule has 0 N–H and O–H groups in total. The standard InChI is InChI=1S/C8H19NO/c1-5-9(6-2)10-7-8(3)4/h8H,5-7H2,1-4H3. The van der Waals surface area contributed by atoms with E-state index >= 15 is 0 Å². The molecule has 0 heterocycles. The first kappa shape index (κ1) is 9.92. The Balaban J connectivity index is 3.26. The topological polar surface area (TPSA) is 12.5 Å². The molecule has 0 aliphatic rings. The van der Waals surface area contributed by atoms with Crippen LogP contribution in [-0.4, -0.2) is 24.8 Å². The van der Waals surface area contributed by atoms with Crippen molar-refractivity contribution in [1.82, 2.24) is 5.06 Å². The fourth-order valence-electron chi connectivity index (χ4n) is 0.661. The highest BCUT2D eigenvalue weighted by Crippen LogP contribution is 1.96. The van der Waals surface area contributed by atoms with Gasteiger partial charge < -0.3 is 0 Å². The zero-order valence-electron chi connectivity index (χ0n) is 7.55. The van der Waals surface area contributed by atoms with Gasteiger partial charge in [0, 0.05) is 13.1 Å². The summed E-state index contributed by atoms with van der Waals surface area (Å²) in [6.45, 7) is 11.3. The van der Waals surface area contributed by atoms with Gasteiger partial charge in [0.05, 0.1) is 6.61 Å². The fraction of sp³-hybridized carbons (Fsp3) is 1.00. The smallest absolute Gasteiger partial charge is 0.0708 e. The van der Waals surface area contributed by atoms with Crippen molar-refractivity contribution in [3.8, 4) is 0 Å². The largest absolute Gasteiger partial charge is 0.299 e. The number of hydrogen-bond donors (Lipinski definition) is 0. The van der Waals surface area contributed by atoms with E-state index in [9.17, 15) is 0 Å². The lowest BCUT2D eigenvalue weighted by Gasteiger charge is -2.18. The summed E-state index contributed by atoms with van der Waals surface area (Å²) in [5.41, 5.74) is 0. The van der Waals surface area contributed by atoms with Crippen LogP contribution in [0.3, 0.4) is 0 Å². The second-order valence-corrected chi connectivity index (χ2v) is 2.80. The zero-order valence-corrected chi connectivity index (χ0v) is 7.55. The molecular formula is C8H19NO. The van der Waals surface area contributed by atoms with Crippen LogP contribution in [0.2, 0.25) is 0 Å². The maximum atomic E-state index is 5.44. The Labute approximate surface area is 64.1 Å². The second-order valence-electron chi connectivity index (χ2n) is 2.80. The van der Waals surface area contributed by atoms with Crippen LogP contribution in [0.25, 0.3) is 0 Å². The molecule has 0 unspecified atom stereocenters. The minimum atomic E-state index is 0.626. The van der Waals surface area contributed by atoms with Gasteiger partial charge in [-0.2, -0.15) is 5.06 Å². The lowest BCUT2D eigenvalue weighted by molar-refractivity contribution is -0.160. The van der Waals surface area contributed by atoms with Gasteiger partial charge in [0.25, 0.3) is 0 Å². The number of nitrogens with zero attached hydrogens (tertiary/aromatic N) is 1. The van der Waals surface area contributed by atoms with Crippen LogP contribution < -0.4 is 0 Å². The lowest BCUT2D eigenvalue weighted by atomic mass is 10.2. The van der Waals surface area contributed by atoms with Crippen molar-refractivity contribution >= 4 is 0 Å². The highest BCUT2D eigenvalue weighted by atomic mass is 16.7. The van der Waals surface area contributed by atoms with E-state index in [1.54, 1.807) is 0 Å². The molecule has 0 atom stereocenters. The highest BCUT2D eigenvalue weighted by Gasteiger charge is 1.99. The third-order valence-corrected chi connectivity index (χ3v) is 1.30. The first-order valence-electron chi connectivity index (χ1n) is 4.08. The first-order chi connectivity index (χ1) is 4.70. The summed E-state index contributed by atoms with van der Waals surface area (Å²) in [7, 11) is 0. The van der Waals surface area contributed by atoms with Gasteiger partial charge in [0.15, 0.2) is 0 Å². The molecule has 0 rings (SSSR count). The Bertz CT molecular complexity index is 69.7. The monoisotopic (exact) mass is 145 g/mol. The van der Waals surface area contributed by atoms with Crippen LogP contribution in [0.15, 0.2) is 0 Å². The van der Waals surface area contributed by atoms with E-state index in [4.69, 9.17) is 4.84 Å². The van der Waals surface area contributed by atoms with Crippen molar-refractivity contribution in [1.29, 1.82) is 0 Å². The highest BCUT2D eigenvalue weighted by molar-refractivity contribution is 4.39. The predicted octanol–water partition coefficient (Wildman–Crippen LogP) is 1.92. The molecule has 0 fully saturated rings. The molecule has 0 saturated carbocycles. The molecule has 2 nitrogen and oxygen atoms in total. The van der Waals surface area contributed by atoms with Gasteiger partial charge in [-0.15, -0.1) is 0 Å². The van der Waals surface area contributed by atoms with Gasteiger partial charge in [-0.25, -0.2) is 0 Å². The molecular weight excluding hydrogens is 126 g/mol. The molecule has 62 valence electrons. The summed E-state index contributed by atoms with van der Waals surface area (Å²) in [6, 6.07) is 0. The average Bonchev–Trinajstić information content (AvgIpc) is 1.90. The predicted molar refractivity (Wildman–Crippen MR) is 43.7 cm³/mol. The lowest BCUT2D eigenvalue weighted by Crippen LogP contribution is -2.25. The first-order valence-corrected chi connectivity index (χ1v) is 4.08. The molecule has 0 aromatic heterocycles. The fourth-order valence-corrected chi connectivity index (χ4v) is 0.661. The van der Waals surface area contributed by atoms with Crippen molar-refractivity contribution in [3.05, 3.63) is 0 Å². The van der Waals surface area contributed by atoms with E-state index < -0.39 is 0 Å². The average molecular weight is 145 g/mol. The van der Waals surface area contributed by atoms with Crippen LogP contribution in [0.1, 0.15) is 27.7 Å². The Morgan fingerprint density at radius 3 is 2.00 bits per heavy atom. The molecule has 0 aliphatic carbocycles. The van der Waals surface area contributed by atoms with Crippen molar-refractivity contribution in [2.75, 3.05) is 19.7 Å². The third-order valence-electron chi connectivity index (χ3n) is 1.30. The Morgan fingerprint density at radius 2 is 1.70 bits per heavy atom. The summed E-state index contributed by atoms with van der Waals surface area (Å²) in [4.78, 5) is 5.44. The minimum absolute atomic E-state index is 0.626.